The first-order valence-corrected chi connectivity index (χ1v) is 12.3. The van der Waals surface area contributed by atoms with Gasteiger partial charge >= 0.3 is 12.1 Å². The third-order valence-corrected chi connectivity index (χ3v) is 8.15. The lowest BCUT2D eigenvalue weighted by Gasteiger charge is -2.44. The Hall–Kier alpha value is -1.65. The van der Waals surface area contributed by atoms with E-state index < -0.39 is 17.1 Å². The highest BCUT2D eigenvalue weighted by molar-refractivity contribution is 9.11. The van der Waals surface area contributed by atoms with Crippen LogP contribution in [0.25, 0.3) is 0 Å². The van der Waals surface area contributed by atoms with Gasteiger partial charge in [-0.15, -0.1) is 11.3 Å². The standard InChI is InChI=1S/C21H28BrN3O5S/c1-20(2)11-21(18(27)30-20)6-3-7-25(12-21)13-4-8-24(9-5-13)17(26)14-10-15(22)31-16(14)23-19(28)29/h10,13,23H,3-9,11-12H2,1-2H3,(H,28,29). The molecule has 1 spiro atoms. The first-order valence-electron chi connectivity index (χ1n) is 10.6. The number of thiophene rings is 1. The van der Waals surface area contributed by atoms with Crippen molar-refractivity contribution in [2.24, 2.45) is 5.41 Å². The van der Waals surface area contributed by atoms with Gasteiger partial charge in [-0.2, -0.15) is 0 Å². The number of nitrogens with zero attached hydrogens (tertiary/aromatic N) is 2. The van der Waals surface area contributed by atoms with Gasteiger partial charge in [-0.3, -0.25) is 19.8 Å². The molecule has 0 saturated carbocycles. The summed E-state index contributed by atoms with van der Waals surface area (Å²) in [5.74, 6) is -0.211. The smallest absolute Gasteiger partial charge is 0.409 e. The number of hydrogen-bond donors (Lipinski definition) is 2. The number of carboxylic acid groups (broad SMARTS) is 1. The topological polar surface area (TPSA) is 99.2 Å². The van der Waals surface area contributed by atoms with E-state index in [1.165, 1.54) is 11.3 Å². The van der Waals surface area contributed by atoms with E-state index in [1.54, 1.807) is 11.0 Å². The zero-order valence-corrected chi connectivity index (χ0v) is 20.2. The van der Waals surface area contributed by atoms with Crippen molar-refractivity contribution in [2.75, 3.05) is 31.5 Å². The Morgan fingerprint density at radius 3 is 2.61 bits per heavy atom. The summed E-state index contributed by atoms with van der Waals surface area (Å²) in [4.78, 5) is 40.9. The number of likely N-dealkylation sites (tertiary alicyclic amines) is 2. The minimum absolute atomic E-state index is 0.0590. The SMILES string of the molecule is CC1(C)CC2(CCCN(C3CCN(C(=O)c4cc(Br)sc4NC(=O)O)CC3)C2)C(=O)O1. The average Bonchev–Trinajstić information content (AvgIpc) is 3.16. The number of carbonyl (C=O) groups is 3. The second-order valence-corrected chi connectivity index (χ2v) is 11.9. The molecule has 10 heteroatoms. The fourth-order valence-corrected chi connectivity index (χ4v) is 6.87. The Morgan fingerprint density at radius 1 is 1.29 bits per heavy atom. The zero-order valence-electron chi connectivity index (χ0n) is 17.8. The molecule has 1 aromatic rings. The Balaban J connectivity index is 1.38. The van der Waals surface area contributed by atoms with Gasteiger partial charge in [0.1, 0.15) is 10.6 Å². The number of rotatable bonds is 3. The van der Waals surface area contributed by atoms with Gasteiger partial charge in [0.2, 0.25) is 0 Å². The normalized spacial score (nSPS) is 26.8. The van der Waals surface area contributed by atoms with Crippen LogP contribution in [0.4, 0.5) is 9.80 Å². The molecule has 2 amide bonds. The third-order valence-electron chi connectivity index (χ3n) is 6.59. The van der Waals surface area contributed by atoms with Gasteiger partial charge in [-0.25, -0.2) is 4.79 Å². The Kier molecular flexibility index (Phi) is 6.08. The largest absolute Gasteiger partial charge is 0.465 e. The van der Waals surface area contributed by atoms with Crippen LogP contribution in [0, 0.1) is 5.41 Å². The van der Waals surface area contributed by atoms with Gasteiger partial charge in [-0.1, -0.05) is 0 Å². The van der Waals surface area contributed by atoms with Gasteiger partial charge in [-0.05, 0) is 68.1 Å². The van der Waals surface area contributed by atoms with Gasteiger partial charge < -0.3 is 14.7 Å². The molecule has 1 aromatic heterocycles. The molecule has 0 radical (unpaired) electrons. The number of esters is 1. The molecule has 31 heavy (non-hydrogen) atoms. The Labute approximate surface area is 194 Å². The maximum Gasteiger partial charge on any atom is 0.409 e. The van der Waals surface area contributed by atoms with Crippen molar-refractivity contribution in [2.45, 2.75) is 57.6 Å². The minimum atomic E-state index is -1.19. The number of nitrogens with one attached hydrogen (secondary N) is 1. The van der Waals surface area contributed by atoms with Crippen LogP contribution in [0.1, 0.15) is 56.3 Å². The summed E-state index contributed by atoms with van der Waals surface area (Å²) in [6.45, 7) is 6.90. The van der Waals surface area contributed by atoms with Crippen LogP contribution in [0.2, 0.25) is 0 Å². The quantitative estimate of drug-likeness (QED) is 0.592. The number of piperidine rings is 2. The maximum absolute atomic E-state index is 13.0. The van der Waals surface area contributed by atoms with Crippen molar-refractivity contribution >= 4 is 50.2 Å². The third kappa shape index (κ3) is 4.61. The summed E-state index contributed by atoms with van der Waals surface area (Å²) in [7, 11) is 0. The monoisotopic (exact) mass is 513 g/mol. The maximum atomic E-state index is 13.0. The van der Waals surface area contributed by atoms with Crippen molar-refractivity contribution in [1.82, 2.24) is 9.80 Å². The molecule has 1 unspecified atom stereocenters. The number of amides is 2. The van der Waals surface area contributed by atoms with E-state index in [0.717, 1.165) is 45.2 Å². The summed E-state index contributed by atoms with van der Waals surface area (Å²) in [6, 6.07) is 2.01. The summed E-state index contributed by atoms with van der Waals surface area (Å²) < 4.78 is 6.35. The van der Waals surface area contributed by atoms with Crippen LogP contribution in [0.5, 0.6) is 0 Å². The van der Waals surface area contributed by atoms with E-state index in [2.05, 4.69) is 26.1 Å². The highest BCUT2D eigenvalue weighted by atomic mass is 79.9. The van der Waals surface area contributed by atoms with Gasteiger partial charge in [0.25, 0.3) is 5.91 Å². The Bertz CT molecular complexity index is 896. The van der Waals surface area contributed by atoms with Gasteiger partial charge in [0.05, 0.1) is 14.8 Å². The fraction of sp³-hybridized carbons (Fsp3) is 0.667. The number of carbonyl (C=O) groups excluding carboxylic acids is 2. The van der Waals surface area contributed by atoms with E-state index in [1.807, 2.05) is 13.8 Å². The minimum Gasteiger partial charge on any atom is -0.465 e. The number of hydrogen-bond acceptors (Lipinski definition) is 6. The summed E-state index contributed by atoms with van der Waals surface area (Å²) >= 11 is 4.53. The summed E-state index contributed by atoms with van der Waals surface area (Å²) in [6.07, 6.45) is 3.13. The molecule has 0 aromatic carbocycles. The molecule has 0 bridgehead atoms. The molecule has 1 atom stereocenters. The predicted molar refractivity (Wildman–Crippen MR) is 121 cm³/mol. The average molecular weight is 514 g/mol. The first kappa shape index (κ1) is 22.5. The molecule has 3 aliphatic rings. The lowest BCUT2D eigenvalue weighted by molar-refractivity contribution is -0.154. The van der Waals surface area contributed by atoms with E-state index in [9.17, 15) is 14.4 Å². The number of cyclic esters (lactones) is 1. The van der Waals surface area contributed by atoms with Gasteiger partial charge in [0.15, 0.2) is 0 Å². The van der Waals surface area contributed by atoms with Crippen molar-refractivity contribution < 1.29 is 24.2 Å². The van der Waals surface area contributed by atoms with E-state index in [0.29, 0.717) is 33.5 Å². The van der Waals surface area contributed by atoms with Crippen molar-refractivity contribution in [3.05, 3.63) is 15.4 Å². The van der Waals surface area contributed by atoms with Crippen LogP contribution in [-0.2, 0) is 9.53 Å². The molecule has 4 heterocycles. The molecule has 0 aliphatic carbocycles. The molecule has 3 aliphatic heterocycles. The first-order chi connectivity index (χ1) is 14.6. The van der Waals surface area contributed by atoms with Crippen LogP contribution in [0.3, 0.4) is 0 Å². The van der Waals surface area contributed by atoms with E-state index in [4.69, 9.17) is 9.84 Å². The van der Waals surface area contributed by atoms with E-state index >= 15 is 0 Å². The van der Waals surface area contributed by atoms with Crippen molar-refractivity contribution in [3.63, 3.8) is 0 Å². The lowest BCUT2D eigenvalue weighted by Crippen LogP contribution is -2.53. The zero-order chi connectivity index (χ0) is 22.4. The highest BCUT2D eigenvalue weighted by Crippen LogP contribution is 2.46. The Morgan fingerprint density at radius 2 is 2.00 bits per heavy atom. The fourth-order valence-electron chi connectivity index (χ4n) is 5.39. The summed E-state index contributed by atoms with van der Waals surface area (Å²) in [5, 5.41) is 11.7. The van der Waals surface area contributed by atoms with Crippen molar-refractivity contribution in [3.8, 4) is 0 Å². The molecule has 3 saturated heterocycles. The highest BCUT2D eigenvalue weighted by Gasteiger charge is 2.54. The lowest BCUT2D eigenvalue weighted by atomic mass is 9.74. The van der Waals surface area contributed by atoms with Crippen molar-refractivity contribution in [1.29, 1.82) is 0 Å². The molecular formula is C21H28BrN3O5S. The predicted octanol–water partition coefficient (Wildman–Crippen LogP) is 4.01. The van der Waals surface area contributed by atoms with Crippen LogP contribution in [-0.4, -0.2) is 70.7 Å². The second-order valence-electron chi connectivity index (χ2n) is 9.43. The van der Waals surface area contributed by atoms with Gasteiger partial charge in [0, 0.05) is 32.1 Å². The number of anilines is 1. The number of halogens is 1. The second kappa shape index (κ2) is 8.37. The van der Waals surface area contributed by atoms with E-state index in [-0.39, 0.29) is 11.9 Å². The molecule has 8 nitrogen and oxygen atoms in total. The molecular weight excluding hydrogens is 486 g/mol. The number of ether oxygens (including phenoxy) is 1. The van der Waals surface area contributed by atoms with Crippen LogP contribution < -0.4 is 5.32 Å². The summed E-state index contributed by atoms with van der Waals surface area (Å²) in [5.41, 5.74) is -0.410. The molecule has 4 rings (SSSR count). The molecule has 3 fully saturated rings. The van der Waals surface area contributed by atoms with Crippen LogP contribution in [0.15, 0.2) is 9.85 Å². The molecule has 170 valence electrons. The molecule has 2 N–H and O–H groups in total. The van der Waals surface area contributed by atoms with Crippen LogP contribution >= 0.6 is 27.3 Å².